The highest BCUT2D eigenvalue weighted by Gasteiger charge is 2.31. The summed E-state index contributed by atoms with van der Waals surface area (Å²) in [6, 6.07) is 9.78. The second-order valence-electron chi connectivity index (χ2n) is 6.19. The van der Waals surface area contributed by atoms with E-state index in [0.29, 0.717) is 18.7 Å². The molecule has 0 aliphatic carbocycles. The van der Waals surface area contributed by atoms with Crippen molar-refractivity contribution in [3.63, 3.8) is 0 Å². The van der Waals surface area contributed by atoms with Crippen molar-refractivity contribution in [3.8, 4) is 11.5 Å². The zero-order chi connectivity index (χ0) is 19.6. The summed E-state index contributed by atoms with van der Waals surface area (Å²) >= 11 is 0. The Bertz CT molecular complexity index is 997. The number of sulfonamides is 1. The Morgan fingerprint density at radius 3 is 2.48 bits per heavy atom. The van der Waals surface area contributed by atoms with Crippen LogP contribution in [-0.4, -0.2) is 36.5 Å². The number of nitrogens with zero attached hydrogens (tertiary/aromatic N) is 2. The third-order valence-electron chi connectivity index (χ3n) is 4.29. The van der Waals surface area contributed by atoms with Crippen molar-refractivity contribution in [1.29, 1.82) is 0 Å². The molecule has 0 radical (unpaired) electrons. The fraction of sp³-hybridized carbons (Fsp3) is 0.278. The first-order valence-electron chi connectivity index (χ1n) is 8.36. The van der Waals surface area contributed by atoms with Crippen LogP contribution in [0.4, 0.5) is 5.69 Å². The van der Waals surface area contributed by atoms with Gasteiger partial charge in [0, 0.05) is 30.8 Å². The summed E-state index contributed by atoms with van der Waals surface area (Å²) in [5, 5.41) is 11.1. The first-order chi connectivity index (χ1) is 12.8. The number of rotatable bonds is 6. The second-order valence-corrected chi connectivity index (χ2v) is 8.09. The van der Waals surface area contributed by atoms with Gasteiger partial charge in [0.25, 0.3) is 5.69 Å². The van der Waals surface area contributed by atoms with Crippen LogP contribution in [0.3, 0.4) is 0 Å². The molecule has 8 nitrogen and oxygen atoms in total. The van der Waals surface area contributed by atoms with Gasteiger partial charge in [-0.15, -0.1) is 0 Å². The number of carbonyl (C=O) groups is 1. The number of carbonyl (C=O) groups excluding carboxylic acids is 1. The summed E-state index contributed by atoms with van der Waals surface area (Å²) in [7, 11) is -3.93. The predicted octanol–water partition coefficient (Wildman–Crippen LogP) is 3.37. The fourth-order valence-corrected chi connectivity index (χ4v) is 4.52. The Morgan fingerprint density at radius 2 is 1.85 bits per heavy atom. The molecule has 1 aliphatic heterocycles. The molecule has 2 aromatic carbocycles. The Hall–Kier alpha value is -2.78. The van der Waals surface area contributed by atoms with Gasteiger partial charge < -0.3 is 4.74 Å². The van der Waals surface area contributed by atoms with Gasteiger partial charge in [-0.2, -0.15) is 4.31 Å². The number of nitro benzene ring substituents is 1. The third-order valence-corrected chi connectivity index (χ3v) is 6.21. The van der Waals surface area contributed by atoms with Crippen molar-refractivity contribution in [1.82, 2.24) is 4.31 Å². The first kappa shape index (κ1) is 19.0. The van der Waals surface area contributed by atoms with Gasteiger partial charge >= 0.3 is 0 Å². The molecule has 1 saturated heterocycles. The first-order valence-corrected chi connectivity index (χ1v) is 9.80. The minimum Gasteiger partial charge on any atom is -0.456 e. The standard InChI is InChI=1S/C18H18N2O6S/c1-13(21)14-5-4-6-16(11-14)26-17-8-7-15(20(22)23)12-18(17)27(24,25)19-9-2-3-10-19/h4-8,11-12H,2-3,9-10H2,1H3. The molecule has 0 atom stereocenters. The molecule has 0 amide bonds. The van der Waals surface area contributed by atoms with Gasteiger partial charge in [-0.1, -0.05) is 12.1 Å². The number of ketones is 1. The van der Waals surface area contributed by atoms with Crippen LogP contribution >= 0.6 is 0 Å². The number of hydrogen-bond donors (Lipinski definition) is 0. The SMILES string of the molecule is CC(=O)c1cccc(Oc2ccc([N+](=O)[O-])cc2S(=O)(=O)N2CCCC2)c1. The highest BCUT2D eigenvalue weighted by Crippen LogP contribution is 2.35. The smallest absolute Gasteiger partial charge is 0.271 e. The highest BCUT2D eigenvalue weighted by atomic mass is 32.2. The van der Waals surface area contributed by atoms with Crippen LogP contribution in [0.15, 0.2) is 47.4 Å². The minimum atomic E-state index is -3.93. The molecule has 142 valence electrons. The molecular weight excluding hydrogens is 372 g/mol. The summed E-state index contributed by atoms with van der Waals surface area (Å²) in [6.07, 6.45) is 1.48. The molecule has 0 unspecified atom stereocenters. The lowest BCUT2D eigenvalue weighted by Gasteiger charge is -2.18. The van der Waals surface area contributed by atoms with E-state index < -0.39 is 14.9 Å². The van der Waals surface area contributed by atoms with Crippen molar-refractivity contribution >= 4 is 21.5 Å². The molecule has 1 aliphatic rings. The fourth-order valence-electron chi connectivity index (χ4n) is 2.87. The zero-order valence-corrected chi connectivity index (χ0v) is 15.4. The lowest BCUT2D eigenvalue weighted by Crippen LogP contribution is -2.28. The minimum absolute atomic E-state index is 0.0202. The summed E-state index contributed by atoms with van der Waals surface area (Å²) in [4.78, 5) is 21.7. The summed E-state index contributed by atoms with van der Waals surface area (Å²) in [5.74, 6) is 0.0942. The molecule has 27 heavy (non-hydrogen) atoms. The van der Waals surface area contributed by atoms with Crippen LogP contribution in [-0.2, 0) is 10.0 Å². The van der Waals surface area contributed by atoms with E-state index in [1.54, 1.807) is 18.2 Å². The second kappa shape index (κ2) is 7.45. The van der Waals surface area contributed by atoms with Gasteiger partial charge in [-0.25, -0.2) is 8.42 Å². The number of Topliss-reactive ketones (excluding diaryl/α,β-unsaturated/α-hetero) is 1. The van der Waals surface area contributed by atoms with E-state index in [9.17, 15) is 23.3 Å². The maximum absolute atomic E-state index is 13.0. The molecule has 9 heteroatoms. The Balaban J connectivity index is 2.06. The normalized spacial score (nSPS) is 14.9. The highest BCUT2D eigenvalue weighted by molar-refractivity contribution is 7.89. The van der Waals surface area contributed by atoms with Gasteiger partial charge in [0.05, 0.1) is 4.92 Å². The molecule has 2 aromatic rings. The summed E-state index contributed by atoms with van der Waals surface area (Å²) < 4.78 is 32.9. The van der Waals surface area contributed by atoms with E-state index in [-0.39, 0.29) is 27.9 Å². The van der Waals surface area contributed by atoms with Crippen molar-refractivity contribution in [2.75, 3.05) is 13.1 Å². The molecule has 1 heterocycles. The Kier molecular flexibility index (Phi) is 5.24. The number of non-ortho nitro benzene ring substituents is 1. The Labute approximate surface area is 156 Å². The number of nitro groups is 1. The van der Waals surface area contributed by atoms with E-state index >= 15 is 0 Å². The molecule has 1 fully saturated rings. The lowest BCUT2D eigenvalue weighted by molar-refractivity contribution is -0.385. The topological polar surface area (TPSA) is 107 Å². The number of benzene rings is 2. The summed E-state index contributed by atoms with van der Waals surface area (Å²) in [5.41, 5.74) is 0.0796. The van der Waals surface area contributed by atoms with Gasteiger partial charge in [0.1, 0.15) is 16.4 Å². The monoisotopic (exact) mass is 390 g/mol. The number of hydrogen-bond acceptors (Lipinski definition) is 6. The van der Waals surface area contributed by atoms with Gasteiger partial charge in [0.15, 0.2) is 5.78 Å². The van der Waals surface area contributed by atoms with Gasteiger partial charge in [0.2, 0.25) is 10.0 Å². The molecule has 0 bridgehead atoms. The molecule has 3 rings (SSSR count). The quantitative estimate of drug-likeness (QED) is 0.425. The van der Waals surface area contributed by atoms with Crippen LogP contribution in [0, 0.1) is 10.1 Å². The van der Waals surface area contributed by atoms with Crippen LogP contribution in [0.1, 0.15) is 30.1 Å². The van der Waals surface area contributed by atoms with E-state index in [1.807, 2.05) is 0 Å². The maximum Gasteiger partial charge on any atom is 0.271 e. The van der Waals surface area contributed by atoms with Crippen molar-refractivity contribution in [2.45, 2.75) is 24.7 Å². The van der Waals surface area contributed by atoms with E-state index in [4.69, 9.17) is 4.74 Å². The maximum atomic E-state index is 13.0. The van der Waals surface area contributed by atoms with E-state index in [1.165, 1.54) is 29.4 Å². The average molecular weight is 390 g/mol. The van der Waals surface area contributed by atoms with Crippen LogP contribution in [0.25, 0.3) is 0 Å². The third kappa shape index (κ3) is 3.99. The van der Waals surface area contributed by atoms with Crippen LogP contribution in [0.2, 0.25) is 0 Å². The molecule has 0 aromatic heterocycles. The van der Waals surface area contributed by atoms with Crippen LogP contribution in [0.5, 0.6) is 11.5 Å². The Morgan fingerprint density at radius 1 is 1.15 bits per heavy atom. The molecule has 0 N–H and O–H groups in total. The zero-order valence-electron chi connectivity index (χ0n) is 14.6. The van der Waals surface area contributed by atoms with Crippen LogP contribution < -0.4 is 4.74 Å². The van der Waals surface area contributed by atoms with Crippen molar-refractivity contribution in [2.24, 2.45) is 0 Å². The average Bonchev–Trinajstić information content (AvgIpc) is 3.17. The van der Waals surface area contributed by atoms with E-state index in [0.717, 1.165) is 18.9 Å². The van der Waals surface area contributed by atoms with E-state index in [2.05, 4.69) is 0 Å². The van der Waals surface area contributed by atoms with Crippen molar-refractivity contribution in [3.05, 3.63) is 58.1 Å². The van der Waals surface area contributed by atoms with Crippen molar-refractivity contribution < 1.29 is 22.9 Å². The molecule has 0 saturated carbocycles. The summed E-state index contributed by atoms with van der Waals surface area (Å²) in [6.45, 7) is 2.14. The van der Waals surface area contributed by atoms with Gasteiger partial charge in [-0.3, -0.25) is 14.9 Å². The van der Waals surface area contributed by atoms with Gasteiger partial charge in [-0.05, 0) is 38.0 Å². The lowest BCUT2D eigenvalue weighted by atomic mass is 10.1. The number of ether oxygens (including phenoxy) is 1. The molecular formula is C18H18N2O6S. The predicted molar refractivity (Wildman–Crippen MR) is 97.6 cm³/mol. The molecule has 0 spiro atoms. The largest absolute Gasteiger partial charge is 0.456 e.